The number of hydrazone groups is 1. The molecular formula is C32H25Br2N3O3. The van der Waals surface area contributed by atoms with E-state index in [2.05, 4.69) is 60.4 Å². The van der Waals surface area contributed by atoms with E-state index in [-0.39, 0.29) is 11.7 Å². The number of amides is 1. The summed E-state index contributed by atoms with van der Waals surface area (Å²) in [5.74, 6) is -0.602. The Morgan fingerprint density at radius 2 is 1.73 bits per heavy atom. The summed E-state index contributed by atoms with van der Waals surface area (Å²) in [5, 5.41) is 5.20. The van der Waals surface area contributed by atoms with Crippen LogP contribution in [0.3, 0.4) is 0 Å². The number of benzene rings is 4. The van der Waals surface area contributed by atoms with Crippen LogP contribution in [0.5, 0.6) is 5.75 Å². The van der Waals surface area contributed by atoms with Crippen molar-refractivity contribution in [3.8, 4) is 16.9 Å². The Morgan fingerprint density at radius 1 is 0.975 bits per heavy atom. The molecule has 40 heavy (non-hydrogen) atoms. The Kier molecular flexibility index (Phi) is 8.28. The molecule has 0 saturated carbocycles. The molecule has 0 radical (unpaired) electrons. The molecule has 1 amide bonds. The minimum absolute atomic E-state index is 0.287. The van der Waals surface area contributed by atoms with E-state index in [1.807, 2.05) is 61.5 Å². The monoisotopic (exact) mass is 657 g/mol. The number of aromatic nitrogens is 1. The lowest BCUT2D eigenvalue weighted by Crippen LogP contribution is -2.19. The summed E-state index contributed by atoms with van der Waals surface area (Å²) < 4.78 is 7.03. The van der Waals surface area contributed by atoms with Gasteiger partial charge in [-0.05, 0) is 64.7 Å². The standard InChI is InChI=1S/C32H25Br2N3O3/c1-3-20-10-7-11-25-27(21-8-5-4-6-9-21)29(36-28(20)25)31(38)37-35-18-23-16-24(33)17-26(34)30(23)40-32(39)22-14-12-19(2)13-15-22/h4-18,36H,3H2,1-2H3,(H,37,38). The number of hydrogen-bond acceptors (Lipinski definition) is 4. The third-order valence-electron chi connectivity index (χ3n) is 6.48. The summed E-state index contributed by atoms with van der Waals surface area (Å²) in [6.07, 6.45) is 2.28. The molecule has 5 rings (SSSR count). The molecule has 0 aliphatic heterocycles. The van der Waals surface area contributed by atoms with Crippen LogP contribution in [0.4, 0.5) is 0 Å². The number of fused-ring (bicyclic) bond motifs is 1. The smallest absolute Gasteiger partial charge is 0.343 e. The van der Waals surface area contributed by atoms with Gasteiger partial charge in [0.1, 0.15) is 5.69 Å². The van der Waals surface area contributed by atoms with Crippen LogP contribution in [0.2, 0.25) is 0 Å². The van der Waals surface area contributed by atoms with Crippen molar-refractivity contribution in [2.45, 2.75) is 20.3 Å². The van der Waals surface area contributed by atoms with E-state index >= 15 is 0 Å². The Labute approximate surface area is 248 Å². The van der Waals surface area contributed by atoms with Crippen molar-refractivity contribution in [1.29, 1.82) is 0 Å². The Morgan fingerprint density at radius 3 is 2.45 bits per heavy atom. The predicted octanol–water partition coefficient (Wildman–Crippen LogP) is 8.21. The second-order valence-electron chi connectivity index (χ2n) is 9.19. The van der Waals surface area contributed by atoms with Crippen molar-refractivity contribution in [1.82, 2.24) is 10.4 Å². The lowest BCUT2D eigenvalue weighted by Gasteiger charge is -2.11. The van der Waals surface area contributed by atoms with Crippen molar-refractivity contribution < 1.29 is 14.3 Å². The molecule has 1 aromatic heterocycles. The molecule has 0 spiro atoms. The zero-order chi connectivity index (χ0) is 28.2. The number of hydrogen-bond donors (Lipinski definition) is 2. The molecule has 0 aliphatic carbocycles. The van der Waals surface area contributed by atoms with Crippen molar-refractivity contribution in [3.63, 3.8) is 0 Å². The van der Waals surface area contributed by atoms with Crippen molar-refractivity contribution >= 4 is 60.9 Å². The number of halogens is 2. The van der Waals surface area contributed by atoms with E-state index < -0.39 is 5.97 Å². The SMILES string of the molecule is CCc1cccc2c(-c3ccccc3)c(C(=O)NN=Cc3cc(Br)cc(Br)c3OC(=O)c3ccc(C)cc3)[nH]c12. The molecule has 200 valence electrons. The quantitative estimate of drug-likeness (QED) is 0.0800. The van der Waals surface area contributed by atoms with Gasteiger partial charge in [0.05, 0.1) is 16.3 Å². The maximum absolute atomic E-state index is 13.4. The first-order valence-electron chi connectivity index (χ1n) is 12.7. The number of ether oxygens (including phenoxy) is 1. The third-order valence-corrected chi connectivity index (χ3v) is 7.53. The molecule has 0 atom stereocenters. The van der Waals surface area contributed by atoms with Crippen molar-refractivity contribution in [2.75, 3.05) is 0 Å². The first-order chi connectivity index (χ1) is 19.4. The molecule has 0 saturated heterocycles. The van der Waals surface area contributed by atoms with Crippen LogP contribution in [0, 0.1) is 6.92 Å². The van der Waals surface area contributed by atoms with Crippen LogP contribution in [-0.4, -0.2) is 23.1 Å². The fraction of sp³-hybridized carbons (Fsp3) is 0.0938. The molecule has 0 unspecified atom stereocenters. The Bertz CT molecular complexity index is 1740. The first-order valence-corrected chi connectivity index (χ1v) is 14.2. The Balaban J connectivity index is 1.45. The number of esters is 1. The number of nitrogens with one attached hydrogen (secondary N) is 2. The predicted molar refractivity (Wildman–Crippen MR) is 166 cm³/mol. The molecule has 6 nitrogen and oxygen atoms in total. The van der Waals surface area contributed by atoms with Gasteiger partial charge >= 0.3 is 5.97 Å². The van der Waals surface area contributed by atoms with Crippen LogP contribution in [0.25, 0.3) is 22.0 Å². The lowest BCUT2D eigenvalue weighted by atomic mass is 10.00. The summed E-state index contributed by atoms with van der Waals surface area (Å²) in [4.78, 5) is 29.6. The van der Waals surface area contributed by atoms with E-state index in [1.54, 1.807) is 24.3 Å². The molecule has 8 heteroatoms. The highest BCUT2D eigenvalue weighted by atomic mass is 79.9. The maximum Gasteiger partial charge on any atom is 0.343 e. The molecule has 0 fully saturated rings. The Hall–Kier alpha value is -4.01. The summed E-state index contributed by atoms with van der Waals surface area (Å²) in [6, 6.07) is 26.5. The number of para-hydroxylation sites is 1. The van der Waals surface area contributed by atoms with Crippen LogP contribution in [0.1, 0.15) is 44.5 Å². The largest absolute Gasteiger partial charge is 0.421 e. The molecule has 4 aromatic carbocycles. The molecule has 1 heterocycles. The zero-order valence-corrected chi connectivity index (χ0v) is 25.0. The number of aryl methyl sites for hydroxylation is 2. The van der Waals surface area contributed by atoms with Gasteiger partial charge in [-0.2, -0.15) is 5.10 Å². The molecule has 0 aliphatic rings. The number of H-pyrrole nitrogens is 1. The van der Waals surface area contributed by atoms with Crippen LogP contribution in [-0.2, 0) is 6.42 Å². The number of rotatable bonds is 7. The van der Waals surface area contributed by atoms with Gasteiger partial charge in [-0.1, -0.05) is 89.1 Å². The summed E-state index contributed by atoms with van der Waals surface area (Å²) in [7, 11) is 0. The van der Waals surface area contributed by atoms with E-state index in [0.29, 0.717) is 21.3 Å². The van der Waals surface area contributed by atoms with E-state index in [0.717, 1.165) is 44.1 Å². The molecular weight excluding hydrogens is 634 g/mol. The van der Waals surface area contributed by atoms with E-state index in [4.69, 9.17) is 4.74 Å². The minimum atomic E-state index is -0.501. The van der Waals surface area contributed by atoms with Gasteiger partial charge in [0.15, 0.2) is 5.75 Å². The average molecular weight is 659 g/mol. The molecule has 2 N–H and O–H groups in total. The first kappa shape index (κ1) is 27.6. The van der Waals surface area contributed by atoms with Crippen LogP contribution in [0.15, 0.2) is 99.0 Å². The third kappa shape index (κ3) is 5.78. The van der Waals surface area contributed by atoms with Gasteiger partial charge in [-0.3, -0.25) is 4.79 Å². The fourth-order valence-electron chi connectivity index (χ4n) is 4.49. The average Bonchev–Trinajstić information content (AvgIpc) is 3.35. The van der Waals surface area contributed by atoms with E-state index in [9.17, 15) is 9.59 Å². The summed E-state index contributed by atoms with van der Waals surface area (Å²) in [6.45, 7) is 4.03. The number of carbonyl (C=O) groups is 2. The lowest BCUT2D eigenvalue weighted by molar-refractivity contribution is 0.0733. The van der Waals surface area contributed by atoms with Crippen LogP contribution < -0.4 is 10.2 Å². The number of nitrogens with zero attached hydrogens (tertiary/aromatic N) is 1. The highest BCUT2D eigenvalue weighted by molar-refractivity contribution is 9.11. The maximum atomic E-state index is 13.4. The normalized spacial score (nSPS) is 11.2. The zero-order valence-electron chi connectivity index (χ0n) is 21.8. The van der Waals surface area contributed by atoms with Gasteiger partial charge in [-0.25, -0.2) is 10.2 Å². The van der Waals surface area contributed by atoms with Gasteiger partial charge in [0, 0.05) is 26.5 Å². The highest BCUT2D eigenvalue weighted by Gasteiger charge is 2.20. The topological polar surface area (TPSA) is 83.5 Å². The van der Waals surface area contributed by atoms with Gasteiger partial charge in [0.2, 0.25) is 0 Å². The second-order valence-corrected chi connectivity index (χ2v) is 11.0. The number of aromatic amines is 1. The summed E-state index contributed by atoms with van der Waals surface area (Å²) in [5.41, 5.74) is 8.82. The van der Waals surface area contributed by atoms with Gasteiger partial charge in [0.25, 0.3) is 5.91 Å². The summed E-state index contributed by atoms with van der Waals surface area (Å²) >= 11 is 6.94. The van der Waals surface area contributed by atoms with Crippen molar-refractivity contribution in [2.24, 2.45) is 5.10 Å². The van der Waals surface area contributed by atoms with E-state index in [1.165, 1.54) is 6.21 Å². The molecule has 0 bridgehead atoms. The minimum Gasteiger partial charge on any atom is -0.421 e. The van der Waals surface area contributed by atoms with Gasteiger partial charge in [-0.15, -0.1) is 0 Å². The number of carbonyl (C=O) groups excluding carboxylic acids is 2. The van der Waals surface area contributed by atoms with Gasteiger partial charge < -0.3 is 9.72 Å². The second kappa shape index (κ2) is 12.0. The highest BCUT2D eigenvalue weighted by Crippen LogP contribution is 2.35. The van der Waals surface area contributed by atoms with Crippen molar-refractivity contribution in [3.05, 3.63) is 122 Å². The van der Waals surface area contributed by atoms with Crippen LogP contribution >= 0.6 is 31.9 Å². The molecule has 5 aromatic rings. The fourth-order valence-corrected chi connectivity index (χ4v) is 5.83.